The van der Waals surface area contributed by atoms with E-state index in [1.165, 1.54) is 6.07 Å². The summed E-state index contributed by atoms with van der Waals surface area (Å²) in [7, 11) is 1.82. The van der Waals surface area contributed by atoms with Crippen LogP contribution < -0.4 is 4.90 Å². The Bertz CT molecular complexity index is 366. The minimum Gasteiger partial charge on any atom is -0.393 e. The minimum atomic E-state index is -0.847. The van der Waals surface area contributed by atoms with E-state index >= 15 is 0 Å². The molecule has 0 bridgehead atoms. The number of anilines is 1. The standard InChI is InChI=1S/C13H20FNO2/c1-9(16)7-8-15(3)12-6-4-5-11(14)13(12)10(2)17/h4-6,9-10,16-17H,7-8H2,1-3H3/t9?,10-/m0/s1. The normalized spacial score (nSPS) is 14.5. The van der Waals surface area contributed by atoms with Gasteiger partial charge < -0.3 is 15.1 Å². The zero-order chi connectivity index (χ0) is 13.0. The summed E-state index contributed by atoms with van der Waals surface area (Å²) >= 11 is 0. The number of hydrogen-bond donors (Lipinski definition) is 2. The lowest BCUT2D eigenvalue weighted by atomic mass is 10.1. The van der Waals surface area contributed by atoms with E-state index in [0.29, 0.717) is 24.2 Å². The molecule has 17 heavy (non-hydrogen) atoms. The lowest BCUT2D eigenvalue weighted by Gasteiger charge is -2.24. The molecule has 0 aromatic heterocycles. The number of aliphatic hydroxyl groups excluding tert-OH is 2. The highest BCUT2D eigenvalue weighted by Crippen LogP contribution is 2.28. The zero-order valence-electron chi connectivity index (χ0n) is 10.5. The molecule has 1 aromatic rings. The van der Waals surface area contributed by atoms with Gasteiger partial charge in [0.15, 0.2) is 0 Å². The molecule has 2 N–H and O–H groups in total. The topological polar surface area (TPSA) is 43.7 Å². The first kappa shape index (κ1) is 13.9. The fourth-order valence-corrected chi connectivity index (χ4v) is 1.77. The molecule has 0 saturated heterocycles. The van der Waals surface area contributed by atoms with Crippen LogP contribution in [0.1, 0.15) is 31.9 Å². The second kappa shape index (κ2) is 5.98. The van der Waals surface area contributed by atoms with Crippen molar-refractivity contribution in [2.24, 2.45) is 0 Å². The van der Waals surface area contributed by atoms with E-state index in [4.69, 9.17) is 0 Å². The molecular formula is C13H20FNO2. The summed E-state index contributed by atoms with van der Waals surface area (Å²) in [4.78, 5) is 1.85. The molecule has 1 rings (SSSR count). The van der Waals surface area contributed by atoms with Crippen LogP contribution >= 0.6 is 0 Å². The number of nitrogens with zero attached hydrogens (tertiary/aromatic N) is 1. The van der Waals surface area contributed by atoms with Gasteiger partial charge in [-0.05, 0) is 32.4 Å². The molecule has 0 saturated carbocycles. The highest BCUT2D eigenvalue weighted by Gasteiger charge is 2.16. The third kappa shape index (κ3) is 3.68. The Morgan fingerprint density at radius 2 is 1.94 bits per heavy atom. The van der Waals surface area contributed by atoms with Gasteiger partial charge in [-0.25, -0.2) is 4.39 Å². The van der Waals surface area contributed by atoms with Crippen molar-refractivity contribution in [3.63, 3.8) is 0 Å². The number of rotatable bonds is 5. The molecule has 3 nitrogen and oxygen atoms in total. The van der Waals surface area contributed by atoms with Crippen LogP contribution in [0.4, 0.5) is 10.1 Å². The first-order chi connectivity index (χ1) is 7.93. The summed E-state index contributed by atoms with van der Waals surface area (Å²) in [6.07, 6.45) is -0.632. The molecule has 1 unspecified atom stereocenters. The predicted octanol–water partition coefficient (Wildman–Crippen LogP) is 2.09. The summed E-state index contributed by atoms with van der Waals surface area (Å²) in [5.41, 5.74) is 0.973. The molecule has 1 aromatic carbocycles. The molecule has 0 aliphatic heterocycles. The van der Waals surface area contributed by atoms with Crippen LogP contribution in [0.15, 0.2) is 18.2 Å². The van der Waals surface area contributed by atoms with Crippen LogP contribution in [0, 0.1) is 5.82 Å². The fraction of sp³-hybridized carbons (Fsp3) is 0.538. The summed E-state index contributed by atoms with van der Waals surface area (Å²) in [6.45, 7) is 3.88. The van der Waals surface area contributed by atoms with Gasteiger partial charge in [0.2, 0.25) is 0 Å². The van der Waals surface area contributed by atoms with E-state index in [0.717, 1.165) is 0 Å². The predicted molar refractivity (Wildman–Crippen MR) is 66.6 cm³/mol. The van der Waals surface area contributed by atoms with Gasteiger partial charge in [-0.15, -0.1) is 0 Å². The van der Waals surface area contributed by atoms with Crippen LogP contribution in [-0.2, 0) is 0 Å². The van der Waals surface area contributed by atoms with E-state index in [1.54, 1.807) is 26.0 Å². The summed E-state index contributed by atoms with van der Waals surface area (Å²) in [5, 5.41) is 18.8. The first-order valence-corrected chi connectivity index (χ1v) is 5.79. The van der Waals surface area contributed by atoms with Gasteiger partial charge in [-0.3, -0.25) is 0 Å². The lowest BCUT2D eigenvalue weighted by molar-refractivity contribution is 0.186. The Morgan fingerprint density at radius 1 is 1.29 bits per heavy atom. The summed E-state index contributed by atoms with van der Waals surface area (Å²) in [6, 6.07) is 4.73. The smallest absolute Gasteiger partial charge is 0.131 e. The number of aliphatic hydroxyl groups is 2. The third-order valence-corrected chi connectivity index (χ3v) is 2.74. The maximum atomic E-state index is 13.6. The van der Waals surface area contributed by atoms with Crippen LogP contribution in [0.2, 0.25) is 0 Å². The van der Waals surface area contributed by atoms with E-state index in [2.05, 4.69) is 0 Å². The molecule has 0 aliphatic rings. The highest BCUT2D eigenvalue weighted by atomic mass is 19.1. The van der Waals surface area contributed by atoms with Crippen molar-refractivity contribution in [2.45, 2.75) is 32.5 Å². The number of benzene rings is 1. The van der Waals surface area contributed by atoms with Crippen LogP contribution in [0.25, 0.3) is 0 Å². The van der Waals surface area contributed by atoms with Crippen molar-refractivity contribution in [1.82, 2.24) is 0 Å². The Hall–Kier alpha value is -1.13. The lowest BCUT2D eigenvalue weighted by Crippen LogP contribution is -2.23. The van der Waals surface area contributed by atoms with Gasteiger partial charge in [-0.2, -0.15) is 0 Å². The van der Waals surface area contributed by atoms with Gasteiger partial charge in [0, 0.05) is 24.8 Å². The number of hydrogen-bond acceptors (Lipinski definition) is 3. The maximum Gasteiger partial charge on any atom is 0.131 e. The molecule has 0 aliphatic carbocycles. The minimum absolute atomic E-state index is 0.306. The molecule has 96 valence electrons. The average molecular weight is 241 g/mol. The van der Waals surface area contributed by atoms with Crippen molar-refractivity contribution in [3.05, 3.63) is 29.6 Å². The van der Waals surface area contributed by atoms with Gasteiger partial charge in [-0.1, -0.05) is 6.07 Å². The molecule has 2 atom stereocenters. The number of halogens is 1. The third-order valence-electron chi connectivity index (χ3n) is 2.74. The Labute approximate surface area is 101 Å². The van der Waals surface area contributed by atoms with E-state index in [1.807, 2.05) is 11.9 Å². The Morgan fingerprint density at radius 3 is 2.47 bits per heavy atom. The van der Waals surface area contributed by atoms with Crippen LogP contribution in [-0.4, -0.2) is 29.9 Å². The first-order valence-electron chi connectivity index (χ1n) is 5.79. The fourth-order valence-electron chi connectivity index (χ4n) is 1.77. The molecule has 0 fully saturated rings. The summed E-state index contributed by atoms with van der Waals surface area (Å²) in [5.74, 6) is -0.401. The van der Waals surface area contributed by atoms with E-state index in [-0.39, 0.29) is 6.10 Å². The second-order valence-corrected chi connectivity index (χ2v) is 4.41. The average Bonchev–Trinajstić information content (AvgIpc) is 2.24. The zero-order valence-corrected chi connectivity index (χ0v) is 10.5. The monoisotopic (exact) mass is 241 g/mol. The Kier molecular flexibility index (Phi) is 4.90. The second-order valence-electron chi connectivity index (χ2n) is 4.41. The molecule has 0 heterocycles. The SMILES string of the molecule is CC(O)CCN(C)c1cccc(F)c1[C@H](C)O. The van der Waals surface area contributed by atoms with E-state index < -0.39 is 11.9 Å². The maximum absolute atomic E-state index is 13.6. The van der Waals surface area contributed by atoms with E-state index in [9.17, 15) is 14.6 Å². The van der Waals surface area contributed by atoms with Gasteiger partial charge >= 0.3 is 0 Å². The molecule has 4 heteroatoms. The Balaban J connectivity index is 2.92. The van der Waals surface area contributed by atoms with Gasteiger partial charge in [0.25, 0.3) is 0 Å². The van der Waals surface area contributed by atoms with Gasteiger partial charge in [0.05, 0.1) is 12.2 Å². The van der Waals surface area contributed by atoms with Crippen molar-refractivity contribution >= 4 is 5.69 Å². The van der Waals surface area contributed by atoms with Crippen LogP contribution in [0.3, 0.4) is 0 Å². The highest BCUT2D eigenvalue weighted by molar-refractivity contribution is 5.54. The molecule has 0 radical (unpaired) electrons. The molecule has 0 amide bonds. The van der Waals surface area contributed by atoms with Crippen molar-refractivity contribution in [2.75, 3.05) is 18.5 Å². The quantitative estimate of drug-likeness (QED) is 0.829. The van der Waals surface area contributed by atoms with Crippen molar-refractivity contribution in [3.8, 4) is 0 Å². The summed E-state index contributed by atoms with van der Waals surface area (Å²) < 4.78 is 13.6. The van der Waals surface area contributed by atoms with Gasteiger partial charge in [0.1, 0.15) is 5.82 Å². The largest absolute Gasteiger partial charge is 0.393 e. The molecule has 0 spiro atoms. The molecular weight excluding hydrogens is 221 g/mol. The van der Waals surface area contributed by atoms with Crippen molar-refractivity contribution < 1.29 is 14.6 Å². The van der Waals surface area contributed by atoms with Crippen LogP contribution in [0.5, 0.6) is 0 Å². The van der Waals surface area contributed by atoms with Crippen molar-refractivity contribution in [1.29, 1.82) is 0 Å².